The van der Waals surface area contributed by atoms with Gasteiger partial charge in [0.2, 0.25) is 11.8 Å². The number of benzene rings is 4. The van der Waals surface area contributed by atoms with Crippen LogP contribution in [0.1, 0.15) is 61.2 Å². The Kier molecular flexibility index (Phi) is 11.4. The predicted molar refractivity (Wildman–Crippen MR) is 211 cm³/mol. The number of aliphatic hydroxyl groups excluding tert-OH is 1. The van der Waals surface area contributed by atoms with Crippen LogP contribution in [-0.4, -0.2) is 67.5 Å². The minimum atomic E-state index is -1.37. The summed E-state index contributed by atoms with van der Waals surface area (Å²) in [7, 11) is 0. The summed E-state index contributed by atoms with van der Waals surface area (Å²) >= 11 is 3.04. The first-order valence-corrected chi connectivity index (χ1v) is 19.3. The zero-order valence-corrected chi connectivity index (χ0v) is 31.7. The number of likely N-dealkylation sites (tertiary alicyclic amines) is 1. The first-order chi connectivity index (χ1) is 25.4. The molecule has 53 heavy (non-hydrogen) atoms. The molecule has 6 rings (SSSR count). The summed E-state index contributed by atoms with van der Waals surface area (Å²) in [5.41, 5.74) is 7.54. The van der Waals surface area contributed by atoms with Crippen LogP contribution in [0.3, 0.4) is 0 Å². The Morgan fingerprint density at radius 1 is 0.849 bits per heavy atom. The minimum Gasteiger partial charge on any atom is -0.465 e. The predicted octanol–water partition coefficient (Wildman–Crippen LogP) is 7.40. The summed E-state index contributed by atoms with van der Waals surface area (Å²) < 4.78 is -1.96. The third-order valence-corrected chi connectivity index (χ3v) is 12.6. The number of aromatic nitrogens is 1. The molecule has 0 saturated carbocycles. The lowest BCUT2D eigenvalue weighted by molar-refractivity contribution is -0.140. The molecule has 4 N–H and O–H groups in total. The number of rotatable bonds is 12. The van der Waals surface area contributed by atoms with Gasteiger partial charge in [0.05, 0.1) is 33.0 Å². The molecule has 2 unspecified atom stereocenters. The molecule has 11 heteroatoms. The van der Waals surface area contributed by atoms with Gasteiger partial charge in [-0.2, -0.15) is 0 Å². The normalized spacial score (nSPS) is 17.2. The summed E-state index contributed by atoms with van der Waals surface area (Å²) in [6.45, 7) is 7.43. The SMILES string of the molecule is Cc1ncsc1-c1ccc(C(C)NC(=O)[C@H]2C[C@@H](O)CN2C(=O)C(NC(=O)O)C(C)(C)SC(c2ccccc2)(c2ccccc2)c2ccccc2)cc1. The molecular formula is C42H44N4O5S2. The third-order valence-electron chi connectivity index (χ3n) is 9.81. The third kappa shape index (κ3) is 8.02. The number of carbonyl (C=O) groups is 3. The average Bonchev–Trinajstić information content (AvgIpc) is 3.78. The highest BCUT2D eigenvalue weighted by Crippen LogP contribution is 2.54. The maximum Gasteiger partial charge on any atom is 0.405 e. The monoisotopic (exact) mass is 748 g/mol. The second-order valence-electron chi connectivity index (χ2n) is 13.9. The van der Waals surface area contributed by atoms with Crippen molar-refractivity contribution in [3.05, 3.63) is 149 Å². The first kappa shape index (κ1) is 37.8. The van der Waals surface area contributed by atoms with E-state index in [4.69, 9.17) is 0 Å². The van der Waals surface area contributed by atoms with Gasteiger partial charge >= 0.3 is 6.09 Å². The molecule has 4 aromatic carbocycles. The quantitative estimate of drug-likeness (QED) is 0.0979. The zero-order chi connectivity index (χ0) is 37.8. The van der Waals surface area contributed by atoms with Crippen molar-refractivity contribution in [2.75, 3.05) is 6.54 Å². The number of carboxylic acid groups (broad SMARTS) is 1. The molecule has 1 aliphatic heterocycles. The highest BCUT2D eigenvalue weighted by Gasteiger charge is 2.50. The van der Waals surface area contributed by atoms with E-state index in [1.807, 2.05) is 148 Å². The van der Waals surface area contributed by atoms with E-state index in [0.717, 1.165) is 38.4 Å². The largest absolute Gasteiger partial charge is 0.465 e. The molecule has 9 nitrogen and oxygen atoms in total. The lowest BCUT2D eigenvalue weighted by atomic mass is 9.84. The molecule has 0 bridgehead atoms. The van der Waals surface area contributed by atoms with E-state index in [2.05, 4.69) is 15.6 Å². The van der Waals surface area contributed by atoms with Crippen molar-refractivity contribution in [2.24, 2.45) is 0 Å². The van der Waals surface area contributed by atoms with Gasteiger partial charge in [0.1, 0.15) is 12.1 Å². The van der Waals surface area contributed by atoms with E-state index in [1.165, 1.54) is 16.7 Å². The molecule has 1 aromatic heterocycles. The van der Waals surface area contributed by atoms with Crippen LogP contribution in [0.25, 0.3) is 10.4 Å². The fraction of sp³-hybridized carbons (Fsp3) is 0.286. The molecule has 1 aliphatic rings. The van der Waals surface area contributed by atoms with Crippen LogP contribution in [0, 0.1) is 6.92 Å². The molecule has 2 heterocycles. The van der Waals surface area contributed by atoms with Crippen molar-refractivity contribution in [3.8, 4) is 10.4 Å². The minimum absolute atomic E-state index is 0.0310. The van der Waals surface area contributed by atoms with Crippen LogP contribution in [0.4, 0.5) is 4.79 Å². The molecule has 274 valence electrons. The summed E-state index contributed by atoms with van der Waals surface area (Å²) in [4.78, 5) is 47.8. The maximum absolute atomic E-state index is 14.7. The topological polar surface area (TPSA) is 132 Å². The lowest BCUT2D eigenvalue weighted by Crippen LogP contribution is -2.60. The van der Waals surface area contributed by atoms with E-state index in [-0.39, 0.29) is 13.0 Å². The maximum atomic E-state index is 14.7. The second-order valence-corrected chi connectivity index (χ2v) is 16.6. The van der Waals surface area contributed by atoms with Crippen molar-refractivity contribution in [1.82, 2.24) is 20.5 Å². The number of carbonyl (C=O) groups excluding carboxylic acids is 2. The van der Waals surface area contributed by atoms with Gasteiger partial charge < -0.3 is 25.7 Å². The van der Waals surface area contributed by atoms with Gasteiger partial charge in [-0.05, 0) is 55.5 Å². The van der Waals surface area contributed by atoms with Gasteiger partial charge in [-0.3, -0.25) is 9.59 Å². The molecule has 5 aromatic rings. The van der Waals surface area contributed by atoms with E-state index in [1.54, 1.807) is 11.3 Å². The van der Waals surface area contributed by atoms with Crippen LogP contribution in [0.5, 0.6) is 0 Å². The smallest absolute Gasteiger partial charge is 0.405 e. The zero-order valence-electron chi connectivity index (χ0n) is 30.1. The molecule has 3 amide bonds. The van der Waals surface area contributed by atoms with E-state index in [0.29, 0.717) is 0 Å². The van der Waals surface area contributed by atoms with Crippen molar-refractivity contribution in [2.45, 2.75) is 67.8 Å². The summed E-state index contributed by atoms with van der Waals surface area (Å²) in [5.74, 6) is -1.00. The van der Waals surface area contributed by atoms with Crippen molar-refractivity contribution in [3.63, 3.8) is 0 Å². The van der Waals surface area contributed by atoms with Gasteiger partial charge in [-0.15, -0.1) is 23.1 Å². The van der Waals surface area contributed by atoms with Crippen LogP contribution >= 0.6 is 23.1 Å². The van der Waals surface area contributed by atoms with Crippen molar-refractivity contribution in [1.29, 1.82) is 0 Å². The number of nitrogens with one attached hydrogen (secondary N) is 2. The number of hydrogen-bond donors (Lipinski definition) is 4. The van der Waals surface area contributed by atoms with E-state index < -0.39 is 51.6 Å². The number of nitrogens with zero attached hydrogens (tertiary/aromatic N) is 2. The second kappa shape index (κ2) is 16.0. The number of hydrogen-bond acceptors (Lipinski definition) is 7. The highest BCUT2D eigenvalue weighted by molar-refractivity contribution is 8.02. The van der Waals surface area contributed by atoms with Gasteiger partial charge in [0.25, 0.3) is 0 Å². The van der Waals surface area contributed by atoms with Gasteiger partial charge in [0.15, 0.2) is 0 Å². The fourth-order valence-corrected chi connectivity index (χ4v) is 9.81. The molecule has 1 fully saturated rings. The van der Waals surface area contributed by atoms with Gasteiger partial charge in [0, 0.05) is 17.7 Å². The summed E-state index contributed by atoms with van der Waals surface area (Å²) in [5, 5.41) is 26.5. The summed E-state index contributed by atoms with van der Waals surface area (Å²) in [6.07, 6.45) is -2.29. The Bertz CT molecular complexity index is 1930. The van der Waals surface area contributed by atoms with E-state index in [9.17, 15) is 24.6 Å². The Morgan fingerprint density at radius 2 is 1.38 bits per heavy atom. The molecular weight excluding hydrogens is 705 g/mol. The number of aliphatic hydroxyl groups is 1. The lowest BCUT2D eigenvalue weighted by Gasteiger charge is -2.44. The highest BCUT2D eigenvalue weighted by atomic mass is 32.2. The Hall–Kier alpha value is -4.97. The Morgan fingerprint density at radius 3 is 1.85 bits per heavy atom. The first-order valence-electron chi connectivity index (χ1n) is 17.6. The van der Waals surface area contributed by atoms with Crippen molar-refractivity contribution >= 4 is 41.0 Å². The van der Waals surface area contributed by atoms with Crippen molar-refractivity contribution < 1.29 is 24.6 Å². The Balaban J connectivity index is 1.30. The van der Waals surface area contributed by atoms with Crippen LogP contribution in [-0.2, 0) is 14.3 Å². The standard InChI is InChI=1S/C42H44N4O5S2/c1-27(29-20-22-30(23-21-29)36-28(2)43-26-52-36)44-38(48)35-24-34(47)25-46(35)39(49)37(45-40(50)51)41(3,4)53-42(31-14-8-5-9-15-31,32-16-10-6-11-17-32)33-18-12-7-13-19-33/h5-23,26-27,34-35,37,45,47H,24-25H2,1-4H3,(H,44,48)(H,50,51)/t27?,34-,35-,37?/m1/s1. The summed E-state index contributed by atoms with van der Waals surface area (Å²) in [6, 6.07) is 35.1. The average molecular weight is 749 g/mol. The van der Waals surface area contributed by atoms with Crippen LogP contribution in [0.15, 0.2) is 121 Å². The van der Waals surface area contributed by atoms with E-state index >= 15 is 0 Å². The fourth-order valence-electron chi connectivity index (χ4n) is 7.17. The number of thioether (sulfide) groups is 1. The number of aryl methyl sites for hydroxylation is 1. The molecule has 0 radical (unpaired) electrons. The van der Waals surface area contributed by atoms with Gasteiger partial charge in [-0.25, -0.2) is 9.78 Å². The molecule has 0 spiro atoms. The molecule has 1 saturated heterocycles. The van der Waals surface area contributed by atoms with Crippen LogP contribution in [0.2, 0.25) is 0 Å². The number of β-amino-alcohol motifs (C(OH)–C–C–N with tert-alkyl or cyclic N) is 1. The van der Waals surface area contributed by atoms with Gasteiger partial charge in [-0.1, -0.05) is 115 Å². The number of amides is 3. The molecule has 4 atom stereocenters. The Labute approximate surface area is 318 Å². The molecule has 0 aliphatic carbocycles. The number of thiazole rings is 1. The van der Waals surface area contributed by atoms with Crippen LogP contribution < -0.4 is 10.6 Å².